The number of aryl methyl sites for hydroxylation is 1. The van der Waals surface area contributed by atoms with Crippen LogP contribution in [-0.2, 0) is 29.0 Å². The minimum atomic E-state index is -0.468. The van der Waals surface area contributed by atoms with E-state index in [1.807, 2.05) is 18.2 Å². The highest BCUT2D eigenvalue weighted by atomic mass is 16.6. The van der Waals surface area contributed by atoms with Gasteiger partial charge in [-0.15, -0.1) is 0 Å². The molecule has 3 rings (SSSR count). The van der Waals surface area contributed by atoms with E-state index in [-0.39, 0.29) is 24.7 Å². The van der Waals surface area contributed by atoms with E-state index in [9.17, 15) is 14.9 Å². The number of benzene rings is 2. The first-order valence-electron chi connectivity index (χ1n) is 7.94. The Morgan fingerprint density at radius 1 is 1.16 bits per heavy atom. The topological polar surface area (TPSA) is 82.6 Å². The second-order valence-corrected chi connectivity index (χ2v) is 5.71. The number of nitrogens with zero attached hydrogens (tertiary/aromatic N) is 1. The summed E-state index contributed by atoms with van der Waals surface area (Å²) in [6.07, 6.45) is 2.62. The average Bonchev–Trinajstić information content (AvgIpc) is 3.02. The summed E-state index contributed by atoms with van der Waals surface area (Å²) in [5.74, 6) is -0.374. The molecule has 2 aromatic carbocycles. The largest absolute Gasteiger partial charge is 0.464 e. The molecule has 0 aliphatic rings. The smallest absolute Gasteiger partial charge is 0.310 e. The second kappa shape index (κ2) is 7.17. The summed E-state index contributed by atoms with van der Waals surface area (Å²) in [5, 5.41) is 11.5. The Morgan fingerprint density at radius 3 is 2.56 bits per heavy atom. The molecular formula is C19H17NO5. The van der Waals surface area contributed by atoms with Crippen LogP contribution in [0.3, 0.4) is 0 Å². The van der Waals surface area contributed by atoms with Gasteiger partial charge in [-0.3, -0.25) is 14.9 Å². The van der Waals surface area contributed by atoms with Crippen LogP contribution >= 0.6 is 0 Å². The predicted octanol–water partition coefficient (Wildman–Crippen LogP) is 4.19. The molecule has 1 aromatic heterocycles. The zero-order valence-corrected chi connectivity index (χ0v) is 13.7. The molecule has 6 nitrogen and oxygen atoms in total. The fourth-order valence-electron chi connectivity index (χ4n) is 2.57. The number of fused-ring (bicyclic) bond motifs is 1. The molecular weight excluding hydrogens is 322 g/mol. The number of furan rings is 1. The van der Waals surface area contributed by atoms with Gasteiger partial charge in [-0.05, 0) is 35.7 Å². The van der Waals surface area contributed by atoms with Gasteiger partial charge in [0.05, 0.1) is 17.6 Å². The summed E-state index contributed by atoms with van der Waals surface area (Å²) in [5.41, 5.74) is 3.42. The summed E-state index contributed by atoms with van der Waals surface area (Å²) in [7, 11) is 0. The van der Waals surface area contributed by atoms with Crippen LogP contribution in [0.25, 0.3) is 11.0 Å². The fraction of sp³-hybridized carbons (Fsp3) is 0.211. The van der Waals surface area contributed by atoms with E-state index >= 15 is 0 Å². The van der Waals surface area contributed by atoms with Crippen molar-refractivity contribution in [3.63, 3.8) is 0 Å². The number of nitro benzene ring substituents is 1. The maximum atomic E-state index is 12.1. The van der Waals surface area contributed by atoms with Crippen LogP contribution in [0.15, 0.2) is 53.1 Å². The molecule has 6 heteroatoms. The van der Waals surface area contributed by atoms with Crippen LogP contribution in [0, 0.1) is 10.1 Å². The van der Waals surface area contributed by atoms with Crippen molar-refractivity contribution in [1.82, 2.24) is 0 Å². The number of hydrogen-bond acceptors (Lipinski definition) is 5. The summed E-state index contributed by atoms with van der Waals surface area (Å²) >= 11 is 0. The monoisotopic (exact) mass is 339 g/mol. The van der Waals surface area contributed by atoms with Gasteiger partial charge in [-0.25, -0.2) is 0 Å². The van der Waals surface area contributed by atoms with Crippen LogP contribution in [0.5, 0.6) is 0 Å². The maximum Gasteiger partial charge on any atom is 0.310 e. The lowest BCUT2D eigenvalue weighted by molar-refractivity contribution is -0.384. The number of non-ortho nitro benzene ring substituents is 1. The summed E-state index contributed by atoms with van der Waals surface area (Å²) in [6, 6.07) is 11.9. The Kier molecular flexibility index (Phi) is 4.79. The SMILES string of the molecule is CCc1ccc2c(CC(=O)OCc3ccc([N+](=O)[O-])cc3)coc2c1. The molecule has 0 fully saturated rings. The standard InChI is InChI=1S/C19H17NO5/c1-2-13-5-8-17-15(12-24-18(17)9-13)10-19(21)25-11-14-3-6-16(7-4-14)20(22)23/h3-9,12H,2,10-11H2,1H3. The van der Waals surface area contributed by atoms with Gasteiger partial charge in [0.2, 0.25) is 0 Å². The molecule has 0 unspecified atom stereocenters. The zero-order valence-electron chi connectivity index (χ0n) is 13.7. The fourth-order valence-corrected chi connectivity index (χ4v) is 2.57. The molecule has 128 valence electrons. The van der Waals surface area contributed by atoms with Crippen LogP contribution in [-0.4, -0.2) is 10.9 Å². The van der Waals surface area contributed by atoms with Gasteiger partial charge in [-0.1, -0.05) is 19.1 Å². The van der Waals surface area contributed by atoms with Gasteiger partial charge in [0, 0.05) is 23.1 Å². The first-order chi connectivity index (χ1) is 12.1. The Balaban J connectivity index is 1.62. The van der Waals surface area contributed by atoms with Crippen LogP contribution in [0.2, 0.25) is 0 Å². The molecule has 0 atom stereocenters. The summed E-state index contributed by atoms with van der Waals surface area (Å²) in [6.45, 7) is 2.15. The van der Waals surface area contributed by atoms with Crippen molar-refractivity contribution in [2.45, 2.75) is 26.4 Å². The zero-order chi connectivity index (χ0) is 17.8. The van der Waals surface area contributed by atoms with Crippen molar-refractivity contribution in [2.24, 2.45) is 0 Å². The quantitative estimate of drug-likeness (QED) is 0.382. The predicted molar refractivity (Wildman–Crippen MR) is 92.2 cm³/mol. The van der Waals surface area contributed by atoms with E-state index in [0.29, 0.717) is 5.56 Å². The molecule has 0 amide bonds. The molecule has 0 spiro atoms. The van der Waals surface area contributed by atoms with E-state index < -0.39 is 4.92 Å². The van der Waals surface area contributed by atoms with Gasteiger partial charge in [0.1, 0.15) is 12.2 Å². The highest BCUT2D eigenvalue weighted by molar-refractivity contribution is 5.86. The highest BCUT2D eigenvalue weighted by Gasteiger charge is 2.12. The Hall–Kier alpha value is -3.15. The molecule has 0 saturated heterocycles. The molecule has 0 saturated carbocycles. The maximum absolute atomic E-state index is 12.1. The van der Waals surface area contributed by atoms with Gasteiger partial charge >= 0.3 is 5.97 Å². The number of esters is 1. The Morgan fingerprint density at radius 2 is 1.88 bits per heavy atom. The van der Waals surface area contributed by atoms with Gasteiger partial charge < -0.3 is 9.15 Å². The first kappa shape index (κ1) is 16.7. The number of carbonyl (C=O) groups excluding carboxylic acids is 1. The van der Waals surface area contributed by atoms with Crippen molar-refractivity contribution in [3.05, 3.63) is 75.5 Å². The van der Waals surface area contributed by atoms with Crippen molar-refractivity contribution in [2.75, 3.05) is 0 Å². The Labute approximate surface area is 144 Å². The molecule has 1 heterocycles. The number of hydrogen-bond donors (Lipinski definition) is 0. The lowest BCUT2D eigenvalue weighted by atomic mass is 10.1. The molecule has 0 radical (unpaired) electrons. The van der Waals surface area contributed by atoms with Gasteiger partial charge in [0.15, 0.2) is 0 Å². The molecule has 0 aliphatic carbocycles. The van der Waals surface area contributed by atoms with Crippen LogP contribution in [0.1, 0.15) is 23.6 Å². The van der Waals surface area contributed by atoms with Crippen molar-refractivity contribution in [3.8, 4) is 0 Å². The lowest BCUT2D eigenvalue weighted by Crippen LogP contribution is -2.07. The third-order valence-corrected chi connectivity index (χ3v) is 4.01. The first-order valence-corrected chi connectivity index (χ1v) is 7.94. The number of ether oxygens (including phenoxy) is 1. The van der Waals surface area contributed by atoms with Crippen LogP contribution in [0.4, 0.5) is 5.69 Å². The molecule has 0 aliphatic heterocycles. The van der Waals surface area contributed by atoms with Crippen molar-refractivity contribution >= 4 is 22.6 Å². The number of rotatable bonds is 6. The van der Waals surface area contributed by atoms with E-state index in [1.165, 1.54) is 17.7 Å². The minimum Gasteiger partial charge on any atom is -0.464 e. The number of nitro groups is 1. The minimum absolute atomic E-state index is 0.00592. The number of carbonyl (C=O) groups is 1. The third kappa shape index (κ3) is 3.85. The molecule has 25 heavy (non-hydrogen) atoms. The van der Waals surface area contributed by atoms with Crippen molar-refractivity contribution < 1.29 is 18.9 Å². The summed E-state index contributed by atoms with van der Waals surface area (Å²) < 4.78 is 10.8. The van der Waals surface area contributed by atoms with Gasteiger partial charge in [-0.2, -0.15) is 0 Å². The van der Waals surface area contributed by atoms with Crippen LogP contribution < -0.4 is 0 Å². The molecule has 3 aromatic rings. The normalized spacial score (nSPS) is 10.8. The van der Waals surface area contributed by atoms with E-state index in [4.69, 9.17) is 9.15 Å². The third-order valence-electron chi connectivity index (χ3n) is 4.01. The van der Waals surface area contributed by atoms with E-state index in [1.54, 1.807) is 18.4 Å². The Bertz CT molecular complexity index is 911. The average molecular weight is 339 g/mol. The van der Waals surface area contributed by atoms with E-state index in [0.717, 1.165) is 23.0 Å². The molecule has 0 N–H and O–H groups in total. The highest BCUT2D eigenvalue weighted by Crippen LogP contribution is 2.23. The second-order valence-electron chi connectivity index (χ2n) is 5.71. The molecule has 0 bridgehead atoms. The lowest BCUT2D eigenvalue weighted by Gasteiger charge is -2.04. The van der Waals surface area contributed by atoms with E-state index in [2.05, 4.69) is 6.92 Å². The van der Waals surface area contributed by atoms with Gasteiger partial charge in [0.25, 0.3) is 5.69 Å². The van der Waals surface area contributed by atoms with Crippen molar-refractivity contribution in [1.29, 1.82) is 0 Å². The summed E-state index contributed by atoms with van der Waals surface area (Å²) in [4.78, 5) is 22.2.